The van der Waals surface area contributed by atoms with Crippen LogP contribution in [0.1, 0.15) is 27.9 Å². The molecule has 2 aromatic carbocycles. The van der Waals surface area contributed by atoms with Gasteiger partial charge in [0.1, 0.15) is 17.1 Å². The molecule has 0 saturated carbocycles. The highest BCUT2D eigenvalue weighted by atomic mass is 16.5. The molecule has 1 atom stereocenters. The highest BCUT2D eigenvalue weighted by Gasteiger charge is 2.59. The molecular formula is C23H19N5O2. The molecule has 30 heavy (non-hydrogen) atoms. The van der Waals surface area contributed by atoms with Crippen molar-refractivity contribution in [1.29, 1.82) is 5.26 Å². The maximum Gasteiger partial charge on any atom is 0.245 e. The molecule has 0 unspecified atom stereocenters. The minimum atomic E-state index is -1.41. The average molecular weight is 397 g/mol. The molecule has 5 rings (SSSR count). The summed E-state index contributed by atoms with van der Waals surface area (Å²) in [6.07, 6.45) is 0. The zero-order valence-electron chi connectivity index (χ0n) is 16.8. The minimum Gasteiger partial charge on any atom is -0.422 e. The van der Waals surface area contributed by atoms with E-state index in [-0.39, 0.29) is 17.4 Å². The molecule has 1 spiro atoms. The van der Waals surface area contributed by atoms with Crippen molar-refractivity contribution in [3.05, 3.63) is 81.9 Å². The Balaban J connectivity index is 1.92. The lowest BCUT2D eigenvalue weighted by Crippen LogP contribution is -2.42. The normalized spacial score (nSPS) is 19.2. The average Bonchev–Trinajstić information content (AvgIpc) is 3.19. The van der Waals surface area contributed by atoms with Gasteiger partial charge >= 0.3 is 0 Å². The second-order valence-electron chi connectivity index (χ2n) is 7.67. The second-order valence-corrected chi connectivity index (χ2v) is 7.67. The van der Waals surface area contributed by atoms with Crippen LogP contribution in [-0.2, 0) is 10.2 Å². The Morgan fingerprint density at radius 3 is 2.63 bits per heavy atom. The van der Waals surface area contributed by atoms with Crippen LogP contribution < -0.4 is 15.8 Å². The van der Waals surface area contributed by atoms with Gasteiger partial charge in [-0.1, -0.05) is 35.9 Å². The molecular weight excluding hydrogens is 378 g/mol. The first kappa shape index (κ1) is 18.0. The van der Waals surface area contributed by atoms with Gasteiger partial charge in [-0.15, -0.1) is 0 Å². The third-order valence-electron chi connectivity index (χ3n) is 5.80. The number of aromatic nitrogens is 2. The van der Waals surface area contributed by atoms with E-state index in [0.717, 1.165) is 16.8 Å². The number of hydrogen-bond acceptors (Lipinski definition) is 5. The van der Waals surface area contributed by atoms with Gasteiger partial charge in [-0.05, 0) is 38.5 Å². The summed E-state index contributed by atoms with van der Waals surface area (Å²) in [5.74, 6) is -0.0763. The number of aryl methyl sites for hydroxylation is 3. The smallest absolute Gasteiger partial charge is 0.245 e. The zero-order chi connectivity index (χ0) is 21.2. The van der Waals surface area contributed by atoms with Gasteiger partial charge in [-0.3, -0.25) is 4.79 Å². The Morgan fingerprint density at radius 2 is 1.93 bits per heavy atom. The van der Waals surface area contributed by atoms with Gasteiger partial charge in [0.2, 0.25) is 17.7 Å². The first-order valence-electron chi connectivity index (χ1n) is 9.56. The zero-order valence-corrected chi connectivity index (χ0v) is 16.8. The van der Waals surface area contributed by atoms with Crippen LogP contribution in [0.4, 0.5) is 5.69 Å². The topological polar surface area (TPSA) is 106 Å². The number of ether oxygens (including phenoxy) is 1. The fourth-order valence-corrected chi connectivity index (χ4v) is 4.64. The lowest BCUT2D eigenvalue weighted by molar-refractivity contribution is -0.118. The third-order valence-corrected chi connectivity index (χ3v) is 5.80. The number of para-hydroxylation sites is 1. The van der Waals surface area contributed by atoms with Crippen LogP contribution in [0.3, 0.4) is 0 Å². The van der Waals surface area contributed by atoms with Crippen molar-refractivity contribution >= 4 is 11.6 Å². The predicted octanol–water partition coefficient (Wildman–Crippen LogP) is 3.12. The summed E-state index contributed by atoms with van der Waals surface area (Å²) in [6.45, 7) is 5.71. The Labute approximate surface area is 173 Å². The first-order chi connectivity index (χ1) is 14.4. The molecule has 3 heterocycles. The summed E-state index contributed by atoms with van der Waals surface area (Å²) in [6, 6.07) is 15.5. The molecule has 7 nitrogen and oxygen atoms in total. The summed E-state index contributed by atoms with van der Waals surface area (Å²) in [4.78, 5) is 13.6. The van der Waals surface area contributed by atoms with Gasteiger partial charge in [0.25, 0.3) is 0 Å². The highest BCUT2D eigenvalue weighted by molar-refractivity contribution is 6.13. The van der Waals surface area contributed by atoms with Gasteiger partial charge in [-0.2, -0.15) is 10.4 Å². The van der Waals surface area contributed by atoms with Crippen LogP contribution in [0.25, 0.3) is 5.69 Å². The van der Waals surface area contributed by atoms with E-state index in [2.05, 4.69) is 16.5 Å². The number of nitrogens with one attached hydrogen (secondary N) is 1. The number of hydrogen-bond donors (Lipinski definition) is 2. The Morgan fingerprint density at radius 1 is 1.20 bits per heavy atom. The molecule has 3 aromatic rings. The number of benzene rings is 2. The Kier molecular flexibility index (Phi) is 3.59. The van der Waals surface area contributed by atoms with Crippen molar-refractivity contribution in [1.82, 2.24) is 9.78 Å². The minimum absolute atomic E-state index is 0.0759. The molecule has 0 aliphatic carbocycles. The summed E-state index contributed by atoms with van der Waals surface area (Å²) in [5.41, 5.74) is 10.1. The van der Waals surface area contributed by atoms with E-state index in [4.69, 9.17) is 10.5 Å². The van der Waals surface area contributed by atoms with Crippen LogP contribution in [0.5, 0.6) is 5.88 Å². The number of nitrogens with zero attached hydrogens (tertiary/aromatic N) is 3. The maximum absolute atomic E-state index is 13.6. The number of carbonyl (C=O) groups is 1. The van der Waals surface area contributed by atoms with E-state index in [1.165, 1.54) is 0 Å². The number of nitrogens with two attached hydrogens (primary N) is 1. The molecule has 1 aromatic heterocycles. The van der Waals surface area contributed by atoms with Crippen molar-refractivity contribution in [3.63, 3.8) is 0 Å². The molecule has 0 fully saturated rings. The van der Waals surface area contributed by atoms with Crippen molar-refractivity contribution in [3.8, 4) is 17.6 Å². The fraction of sp³-hybridized carbons (Fsp3) is 0.174. The highest BCUT2D eigenvalue weighted by Crippen LogP contribution is 2.55. The van der Waals surface area contributed by atoms with Crippen LogP contribution >= 0.6 is 0 Å². The number of nitriles is 1. The third kappa shape index (κ3) is 2.08. The van der Waals surface area contributed by atoms with E-state index in [9.17, 15) is 10.1 Å². The first-order valence-corrected chi connectivity index (χ1v) is 9.56. The van der Waals surface area contributed by atoms with E-state index >= 15 is 0 Å². The second kappa shape index (κ2) is 5.97. The van der Waals surface area contributed by atoms with Gasteiger partial charge in [-0.25, -0.2) is 4.68 Å². The van der Waals surface area contributed by atoms with Crippen molar-refractivity contribution in [2.75, 3.05) is 5.32 Å². The van der Waals surface area contributed by atoms with Crippen LogP contribution in [0, 0.1) is 32.1 Å². The van der Waals surface area contributed by atoms with E-state index in [0.29, 0.717) is 28.4 Å². The van der Waals surface area contributed by atoms with Crippen LogP contribution in [0.2, 0.25) is 0 Å². The summed E-state index contributed by atoms with van der Waals surface area (Å²) in [5, 5.41) is 17.7. The molecule has 2 aliphatic rings. The van der Waals surface area contributed by atoms with Gasteiger partial charge in [0.15, 0.2) is 0 Å². The quantitative estimate of drug-likeness (QED) is 0.656. The monoisotopic (exact) mass is 397 g/mol. The molecule has 0 bridgehead atoms. The van der Waals surface area contributed by atoms with E-state index < -0.39 is 5.41 Å². The number of carbonyl (C=O) groups excluding carboxylic acids is 1. The largest absolute Gasteiger partial charge is 0.422 e. The molecule has 1 amide bonds. The predicted molar refractivity (Wildman–Crippen MR) is 111 cm³/mol. The molecule has 3 N–H and O–H groups in total. The van der Waals surface area contributed by atoms with Crippen LogP contribution in [-0.4, -0.2) is 15.7 Å². The summed E-state index contributed by atoms with van der Waals surface area (Å²) in [7, 11) is 0. The Hall–Kier alpha value is -4.05. The SMILES string of the molecule is Cc1cc(C)c2c(c1)[C@@]1(C(=O)N2)C(C#N)=C(N)Oc2c1c(C)nn2-c1ccccc1. The van der Waals surface area contributed by atoms with E-state index in [1.807, 2.05) is 63.2 Å². The van der Waals surface area contributed by atoms with E-state index in [1.54, 1.807) is 4.68 Å². The number of fused-ring (bicyclic) bond motifs is 4. The fourth-order valence-electron chi connectivity index (χ4n) is 4.64. The lowest BCUT2D eigenvalue weighted by atomic mass is 9.68. The molecule has 148 valence electrons. The summed E-state index contributed by atoms with van der Waals surface area (Å²) >= 11 is 0. The molecule has 0 saturated heterocycles. The van der Waals surface area contributed by atoms with Crippen LogP contribution in [0.15, 0.2) is 53.9 Å². The summed E-state index contributed by atoms with van der Waals surface area (Å²) < 4.78 is 7.53. The van der Waals surface area contributed by atoms with Gasteiger partial charge in [0, 0.05) is 11.3 Å². The number of rotatable bonds is 1. The van der Waals surface area contributed by atoms with Crippen molar-refractivity contribution < 1.29 is 9.53 Å². The van der Waals surface area contributed by atoms with Gasteiger partial charge < -0.3 is 15.8 Å². The van der Waals surface area contributed by atoms with Crippen molar-refractivity contribution in [2.45, 2.75) is 26.2 Å². The standard InChI is InChI=1S/C23H19N5O2/c1-12-9-13(2)19-16(10-12)23(22(29)26-19)17(11-24)20(25)30-21-18(23)14(3)27-28(21)15-7-5-4-6-8-15/h4-10H,25H2,1-3H3,(H,26,29)/t23-/m1/s1. The molecule has 0 radical (unpaired) electrons. The number of anilines is 1. The lowest BCUT2D eigenvalue weighted by Gasteiger charge is -2.32. The molecule has 7 heteroatoms. The van der Waals surface area contributed by atoms with Gasteiger partial charge in [0.05, 0.1) is 16.9 Å². The molecule has 2 aliphatic heterocycles. The maximum atomic E-state index is 13.6. The Bertz CT molecular complexity index is 1310. The number of amides is 1. The van der Waals surface area contributed by atoms with Crippen molar-refractivity contribution in [2.24, 2.45) is 5.73 Å².